The van der Waals surface area contributed by atoms with Gasteiger partial charge in [-0.3, -0.25) is 4.79 Å². The molecule has 3 aliphatic rings. The van der Waals surface area contributed by atoms with Gasteiger partial charge < -0.3 is 9.84 Å². The fourth-order valence-corrected chi connectivity index (χ4v) is 6.23. The van der Waals surface area contributed by atoms with Crippen molar-refractivity contribution in [1.82, 2.24) is 0 Å². The maximum absolute atomic E-state index is 12.2. The van der Waals surface area contributed by atoms with E-state index < -0.39 is 5.41 Å². The summed E-state index contributed by atoms with van der Waals surface area (Å²) < 4.78 is 5.71. The van der Waals surface area contributed by atoms with Crippen molar-refractivity contribution >= 4 is 5.97 Å². The second kappa shape index (κ2) is 11.9. The van der Waals surface area contributed by atoms with Crippen molar-refractivity contribution in [3.05, 3.63) is 11.6 Å². The number of aliphatic hydroxyl groups is 1. The highest BCUT2D eigenvalue weighted by molar-refractivity contribution is 5.76. The van der Waals surface area contributed by atoms with Crippen LogP contribution in [0.1, 0.15) is 117 Å². The molecule has 0 saturated heterocycles. The van der Waals surface area contributed by atoms with Gasteiger partial charge >= 0.3 is 5.97 Å². The summed E-state index contributed by atoms with van der Waals surface area (Å²) in [5.41, 5.74) is 1.01. The number of rotatable bonds is 9. The van der Waals surface area contributed by atoms with Gasteiger partial charge in [0.2, 0.25) is 0 Å². The van der Waals surface area contributed by atoms with Crippen molar-refractivity contribution in [2.75, 3.05) is 6.61 Å². The van der Waals surface area contributed by atoms with Crippen LogP contribution >= 0.6 is 0 Å². The van der Waals surface area contributed by atoms with E-state index in [4.69, 9.17) is 4.74 Å². The Balaban J connectivity index is 1.37. The average molecular weight is 433 g/mol. The lowest BCUT2D eigenvalue weighted by atomic mass is 9.69. The molecule has 2 saturated carbocycles. The van der Waals surface area contributed by atoms with Crippen LogP contribution in [0.2, 0.25) is 0 Å². The van der Waals surface area contributed by atoms with Crippen LogP contribution in [-0.4, -0.2) is 23.8 Å². The third-order valence-electron chi connectivity index (χ3n) is 8.68. The molecule has 31 heavy (non-hydrogen) atoms. The van der Waals surface area contributed by atoms with Gasteiger partial charge in [-0.25, -0.2) is 0 Å². The predicted molar refractivity (Wildman–Crippen MR) is 128 cm³/mol. The van der Waals surface area contributed by atoms with Crippen molar-refractivity contribution in [1.29, 1.82) is 0 Å². The molecule has 0 amide bonds. The molecule has 3 rings (SSSR count). The first-order valence-corrected chi connectivity index (χ1v) is 13.4. The number of unbranched alkanes of at least 4 members (excludes halogenated alkanes) is 2. The first kappa shape index (κ1) is 24.8. The van der Waals surface area contributed by atoms with Crippen molar-refractivity contribution in [3.63, 3.8) is 0 Å². The molecule has 3 aliphatic carbocycles. The Kier molecular flexibility index (Phi) is 9.49. The molecule has 0 bridgehead atoms. The van der Waals surface area contributed by atoms with Gasteiger partial charge in [-0.15, -0.1) is 0 Å². The van der Waals surface area contributed by atoms with Crippen LogP contribution in [0.3, 0.4) is 0 Å². The lowest BCUT2D eigenvalue weighted by Gasteiger charge is -2.38. The molecule has 1 N–H and O–H groups in total. The molecular weight excluding hydrogens is 384 g/mol. The Bertz CT molecular complexity index is 577. The van der Waals surface area contributed by atoms with Crippen molar-refractivity contribution in [2.45, 2.75) is 123 Å². The molecule has 3 nitrogen and oxygen atoms in total. The van der Waals surface area contributed by atoms with Gasteiger partial charge in [-0.2, -0.15) is 0 Å². The van der Waals surface area contributed by atoms with E-state index in [1.54, 1.807) is 19.4 Å². The van der Waals surface area contributed by atoms with E-state index in [1.165, 1.54) is 83.5 Å². The topological polar surface area (TPSA) is 46.5 Å². The van der Waals surface area contributed by atoms with E-state index in [2.05, 4.69) is 13.0 Å². The summed E-state index contributed by atoms with van der Waals surface area (Å²) in [5.74, 6) is 3.27. The minimum absolute atomic E-state index is 0.0526. The van der Waals surface area contributed by atoms with E-state index in [0.717, 1.165) is 36.5 Å². The zero-order chi connectivity index (χ0) is 22.3. The molecule has 178 valence electrons. The van der Waals surface area contributed by atoms with Crippen LogP contribution < -0.4 is 0 Å². The zero-order valence-electron chi connectivity index (χ0n) is 20.5. The number of hydrogen-bond donors (Lipinski definition) is 1. The standard InChI is InChI=1S/C28H48O3/c1-4-5-6-7-21-8-10-22(11-9-21)23-12-14-24(15-13-23)25-16-18-26(19-17-25)31-27(30)28(2,3)20-29/h12,21-22,24-26,29H,4-11,13-20H2,1-3H3. The van der Waals surface area contributed by atoms with Gasteiger partial charge in [0.15, 0.2) is 0 Å². The summed E-state index contributed by atoms with van der Waals surface area (Å²) in [6.45, 7) is 5.66. The molecule has 0 aromatic rings. The summed E-state index contributed by atoms with van der Waals surface area (Å²) in [4.78, 5) is 12.2. The van der Waals surface area contributed by atoms with Crippen LogP contribution in [0.5, 0.6) is 0 Å². The van der Waals surface area contributed by atoms with Gasteiger partial charge in [0.05, 0.1) is 12.0 Å². The van der Waals surface area contributed by atoms with E-state index in [0.29, 0.717) is 0 Å². The molecule has 0 radical (unpaired) electrons. The van der Waals surface area contributed by atoms with Crippen LogP contribution in [0.25, 0.3) is 0 Å². The predicted octanol–water partition coefficient (Wildman–Crippen LogP) is 7.22. The number of carbonyl (C=O) groups is 1. The Morgan fingerprint density at radius 2 is 1.71 bits per heavy atom. The maximum Gasteiger partial charge on any atom is 0.314 e. The average Bonchev–Trinajstić information content (AvgIpc) is 2.80. The van der Waals surface area contributed by atoms with Gasteiger partial charge in [0.1, 0.15) is 6.10 Å². The summed E-state index contributed by atoms with van der Waals surface area (Å²) >= 11 is 0. The number of carbonyl (C=O) groups excluding carboxylic acids is 1. The Morgan fingerprint density at radius 3 is 2.29 bits per heavy atom. The molecule has 0 aromatic heterocycles. The molecule has 1 unspecified atom stereocenters. The maximum atomic E-state index is 12.2. The number of hydrogen-bond acceptors (Lipinski definition) is 3. The van der Waals surface area contributed by atoms with Crippen LogP contribution in [0, 0.1) is 29.1 Å². The highest BCUT2D eigenvalue weighted by atomic mass is 16.5. The van der Waals surface area contributed by atoms with Crippen molar-refractivity contribution in [2.24, 2.45) is 29.1 Å². The monoisotopic (exact) mass is 432 g/mol. The molecule has 2 fully saturated rings. The second-order valence-electron chi connectivity index (χ2n) is 11.5. The van der Waals surface area contributed by atoms with E-state index in [9.17, 15) is 9.90 Å². The second-order valence-corrected chi connectivity index (χ2v) is 11.5. The molecule has 0 heterocycles. The SMILES string of the molecule is CCCCCC1CCC(C2=CCC(C3CCC(OC(=O)C(C)(C)CO)CC3)CC2)CC1. The summed E-state index contributed by atoms with van der Waals surface area (Å²) in [7, 11) is 0. The zero-order valence-corrected chi connectivity index (χ0v) is 20.5. The van der Waals surface area contributed by atoms with Crippen LogP contribution in [0.4, 0.5) is 0 Å². The van der Waals surface area contributed by atoms with Crippen LogP contribution in [-0.2, 0) is 9.53 Å². The Hall–Kier alpha value is -0.830. The molecule has 0 spiro atoms. The van der Waals surface area contributed by atoms with Gasteiger partial charge in [0.25, 0.3) is 0 Å². The van der Waals surface area contributed by atoms with E-state index in [1.807, 2.05) is 0 Å². The number of esters is 1. The van der Waals surface area contributed by atoms with Crippen molar-refractivity contribution < 1.29 is 14.6 Å². The third kappa shape index (κ3) is 7.07. The minimum atomic E-state index is -0.782. The van der Waals surface area contributed by atoms with Gasteiger partial charge in [-0.05, 0) is 108 Å². The van der Waals surface area contributed by atoms with E-state index in [-0.39, 0.29) is 18.7 Å². The van der Waals surface area contributed by atoms with Crippen molar-refractivity contribution in [3.8, 4) is 0 Å². The van der Waals surface area contributed by atoms with Gasteiger partial charge in [0, 0.05) is 0 Å². The van der Waals surface area contributed by atoms with E-state index >= 15 is 0 Å². The Morgan fingerprint density at radius 1 is 1.00 bits per heavy atom. The van der Waals surface area contributed by atoms with Crippen LogP contribution in [0.15, 0.2) is 11.6 Å². The highest BCUT2D eigenvalue weighted by Gasteiger charge is 2.35. The van der Waals surface area contributed by atoms with Gasteiger partial charge in [-0.1, -0.05) is 44.3 Å². The molecule has 3 heteroatoms. The molecule has 1 atom stereocenters. The minimum Gasteiger partial charge on any atom is -0.462 e. The number of aliphatic hydroxyl groups excluding tert-OH is 1. The normalized spacial score (nSPS) is 32.4. The molecule has 0 aliphatic heterocycles. The summed E-state index contributed by atoms with van der Waals surface area (Å²) in [6, 6.07) is 0. The summed E-state index contributed by atoms with van der Waals surface area (Å²) in [6.07, 6.45) is 22.5. The first-order valence-electron chi connectivity index (χ1n) is 13.4. The highest BCUT2D eigenvalue weighted by Crippen LogP contribution is 2.43. The summed E-state index contributed by atoms with van der Waals surface area (Å²) in [5, 5.41) is 9.37. The largest absolute Gasteiger partial charge is 0.462 e. The molecular formula is C28H48O3. The lowest BCUT2D eigenvalue weighted by Crippen LogP contribution is -2.35. The Labute approximate surface area is 191 Å². The smallest absolute Gasteiger partial charge is 0.314 e. The quantitative estimate of drug-likeness (QED) is 0.238. The fraction of sp³-hybridized carbons (Fsp3) is 0.893. The first-order chi connectivity index (χ1) is 14.9. The number of allylic oxidation sites excluding steroid dienone is 2. The lowest BCUT2D eigenvalue weighted by molar-refractivity contribution is -0.163. The third-order valence-corrected chi connectivity index (χ3v) is 8.68. The molecule has 0 aromatic carbocycles. The fourth-order valence-electron chi connectivity index (χ4n) is 6.23. The number of ether oxygens (including phenoxy) is 1.